The zero-order valence-corrected chi connectivity index (χ0v) is 21.3. The van der Waals surface area contributed by atoms with Crippen molar-refractivity contribution < 1.29 is 18.7 Å². The number of hydrogen-bond donors (Lipinski definition) is 3. The van der Waals surface area contributed by atoms with Crippen molar-refractivity contribution in [2.24, 2.45) is 0 Å². The number of oxazole rings is 1. The van der Waals surface area contributed by atoms with Crippen LogP contribution in [0.25, 0.3) is 22.7 Å². The molecule has 3 heterocycles. The van der Waals surface area contributed by atoms with E-state index in [4.69, 9.17) is 9.15 Å². The number of aromatic amines is 1. The van der Waals surface area contributed by atoms with E-state index in [-0.39, 0.29) is 41.9 Å². The first-order valence-corrected chi connectivity index (χ1v) is 12.8. The third kappa shape index (κ3) is 5.84. The molecule has 0 bridgehead atoms. The average Bonchev–Trinajstić information content (AvgIpc) is 3.66. The summed E-state index contributed by atoms with van der Waals surface area (Å²) >= 11 is 0. The normalized spacial score (nSPS) is 18.4. The highest BCUT2D eigenvalue weighted by Gasteiger charge is 2.30. The molecule has 1 unspecified atom stereocenters. The lowest BCUT2D eigenvalue weighted by Crippen LogP contribution is -2.43. The fourth-order valence-corrected chi connectivity index (χ4v) is 4.49. The number of nitrogens with one attached hydrogen (secondary N) is 3. The Kier molecular flexibility index (Phi) is 8.20. The summed E-state index contributed by atoms with van der Waals surface area (Å²) in [4.78, 5) is 29.6. The van der Waals surface area contributed by atoms with Gasteiger partial charge in [-0.25, -0.2) is 4.98 Å². The number of benzene rings is 1. The summed E-state index contributed by atoms with van der Waals surface area (Å²) in [7, 11) is 0. The molecule has 192 valence electrons. The second-order valence-electron chi connectivity index (χ2n) is 9.31. The number of ether oxygens (including phenoxy) is 1. The van der Waals surface area contributed by atoms with Crippen LogP contribution in [-0.4, -0.2) is 51.3 Å². The summed E-state index contributed by atoms with van der Waals surface area (Å²) in [5.74, 6) is 0.0360. The molecule has 1 aliphatic heterocycles. The van der Waals surface area contributed by atoms with Gasteiger partial charge in [-0.1, -0.05) is 32.9 Å². The third-order valence-corrected chi connectivity index (χ3v) is 6.75. The average molecular weight is 494 g/mol. The summed E-state index contributed by atoms with van der Waals surface area (Å²) in [6.07, 6.45) is 6.15. The van der Waals surface area contributed by atoms with Gasteiger partial charge in [-0.05, 0) is 57.2 Å². The van der Waals surface area contributed by atoms with Crippen LogP contribution in [0.15, 0.2) is 40.9 Å². The van der Waals surface area contributed by atoms with Gasteiger partial charge in [-0.2, -0.15) is 5.10 Å². The molecule has 1 fully saturated rings. The van der Waals surface area contributed by atoms with Crippen LogP contribution >= 0.6 is 0 Å². The lowest BCUT2D eigenvalue weighted by atomic mass is 10.0. The molecule has 4 rings (SSSR count). The van der Waals surface area contributed by atoms with Crippen LogP contribution in [0.2, 0.25) is 0 Å². The van der Waals surface area contributed by atoms with Gasteiger partial charge in [0.15, 0.2) is 0 Å². The Morgan fingerprint density at radius 1 is 1.06 bits per heavy atom. The quantitative estimate of drug-likeness (QED) is 0.375. The standard InChI is InChI=1S/C27H35N5O4/c1-5-19(6-2)29-26(34)24-15-28-27(36-24)18-10-8-9-17(13-18)21-14-22(32-31-21)25(33)30-20(7-3)23-12-11-16(4)35-23/h8-10,13-16,19-20,23H,5-7,11-12H2,1-4H3,(H,29,34)(H,30,33)(H,31,32)/t16-,20?,23-/m1/s1. The number of carbonyl (C=O) groups is 2. The lowest BCUT2D eigenvalue weighted by Gasteiger charge is -2.23. The van der Waals surface area contributed by atoms with E-state index in [2.05, 4.69) is 32.7 Å². The van der Waals surface area contributed by atoms with Crippen molar-refractivity contribution in [3.8, 4) is 22.7 Å². The maximum Gasteiger partial charge on any atom is 0.288 e. The topological polar surface area (TPSA) is 122 Å². The van der Waals surface area contributed by atoms with E-state index in [0.29, 0.717) is 22.8 Å². The molecule has 0 saturated carbocycles. The molecule has 1 aliphatic rings. The summed E-state index contributed by atoms with van der Waals surface area (Å²) in [5.41, 5.74) is 2.51. The van der Waals surface area contributed by atoms with Crippen LogP contribution < -0.4 is 10.6 Å². The van der Waals surface area contributed by atoms with Crippen LogP contribution in [0, 0.1) is 0 Å². The third-order valence-electron chi connectivity index (χ3n) is 6.75. The van der Waals surface area contributed by atoms with E-state index >= 15 is 0 Å². The lowest BCUT2D eigenvalue weighted by molar-refractivity contribution is 0.0299. The molecule has 1 aromatic carbocycles. The minimum absolute atomic E-state index is 0.0376. The van der Waals surface area contributed by atoms with E-state index in [9.17, 15) is 9.59 Å². The zero-order chi connectivity index (χ0) is 25.7. The number of hydrogen-bond acceptors (Lipinski definition) is 6. The molecule has 0 aliphatic carbocycles. The second-order valence-corrected chi connectivity index (χ2v) is 9.31. The van der Waals surface area contributed by atoms with Crippen molar-refractivity contribution in [3.63, 3.8) is 0 Å². The van der Waals surface area contributed by atoms with Crippen molar-refractivity contribution in [3.05, 3.63) is 48.0 Å². The van der Waals surface area contributed by atoms with Gasteiger partial charge in [0, 0.05) is 17.2 Å². The van der Waals surface area contributed by atoms with Crippen molar-refractivity contribution >= 4 is 11.8 Å². The maximum absolute atomic E-state index is 12.9. The molecule has 0 spiro atoms. The van der Waals surface area contributed by atoms with E-state index in [1.165, 1.54) is 6.20 Å². The fraction of sp³-hybridized carbons (Fsp3) is 0.481. The monoisotopic (exact) mass is 493 g/mol. The molecule has 36 heavy (non-hydrogen) atoms. The number of carbonyl (C=O) groups excluding carboxylic acids is 2. The molecular weight excluding hydrogens is 458 g/mol. The Balaban J connectivity index is 1.45. The summed E-state index contributed by atoms with van der Waals surface area (Å²) in [5, 5.41) is 13.2. The number of rotatable bonds is 10. The summed E-state index contributed by atoms with van der Waals surface area (Å²) in [6, 6.07) is 9.26. The van der Waals surface area contributed by atoms with E-state index in [1.54, 1.807) is 6.07 Å². The molecular formula is C27H35N5O4. The maximum atomic E-state index is 12.9. The molecule has 9 nitrogen and oxygen atoms in total. The smallest absolute Gasteiger partial charge is 0.288 e. The van der Waals surface area contributed by atoms with Crippen molar-refractivity contribution in [2.45, 2.75) is 84.1 Å². The van der Waals surface area contributed by atoms with E-state index < -0.39 is 0 Å². The fourth-order valence-electron chi connectivity index (χ4n) is 4.49. The Morgan fingerprint density at radius 3 is 2.53 bits per heavy atom. The number of aromatic nitrogens is 3. The number of nitrogens with zero attached hydrogens (tertiary/aromatic N) is 2. The van der Waals surface area contributed by atoms with Gasteiger partial charge in [0.1, 0.15) is 5.69 Å². The second kappa shape index (κ2) is 11.5. The first-order chi connectivity index (χ1) is 17.4. The summed E-state index contributed by atoms with van der Waals surface area (Å²) in [6.45, 7) is 8.17. The van der Waals surface area contributed by atoms with E-state index in [0.717, 1.165) is 37.7 Å². The van der Waals surface area contributed by atoms with Crippen LogP contribution in [-0.2, 0) is 4.74 Å². The molecule has 3 atom stereocenters. The highest BCUT2D eigenvalue weighted by molar-refractivity contribution is 5.94. The van der Waals surface area contributed by atoms with Gasteiger partial charge < -0.3 is 19.8 Å². The van der Waals surface area contributed by atoms with Crippen LogP contribution in [0.5, 0.6) is 0 Å². The first-order valence-electron chi connectivity index (χ1n) is 12.8. The Bertz CT molecular complexity index is 1180. The predicted octanol–water partition coefficient (Wildman–Crippen LogP) is 4.73. The Labute approximate surface area is 211 Å². The molecule has 3 aromatic rings. The van der Waals surface area contributed by atoms with Crippen LogP contribution in [0.1, 0.15) is 80.8 Å². The Morgan fingerprint density at radius 2 is 1.83 bits per heavy atom. The Hall–Kier alpha value is -3.46. The molecule has 2 amide bonds. The van der Waals surface area contributed by atoms with Crippen molar-refractivity contribution in [2.75, 3.05) is 0 Å². The predicted molar refractivity (Wildman–Crippen MR) is 136 cm³/mol. The number of amides is 2. The highest BCUT2D eigenvalue weighted by atomic mass is 16.5. The van der Waals surface area contributed by atoms with Gasteiger partial charge >= 0.3 is 0 Å². The molecule has 0 radical (unpaired) electrons. The van der Waals surface area contributed by atoms with Gasteiger partial charge in [0.2, 0.25) is 11.7 Å². The minimum atomic E-state index is -0.274. The molecule has 3 N–H and O–H groups in total. The molecule has 1 saturated heterocycles. The first kappa shape index (κ1) is 25.6. The van der Waals surface area contributed by atoms with Crippen molar-refractivity contribution in [1.29, 1.82) is 0 Å². The highest BCUT2D eigenvalue weighted by Crippen LogP contribution is 2.26. The van der Waals surface area contributed by atoms with Gasteiger partial charge in [0.05, 0.1) is 30.1 Å². The molecule has 9 heteroatoms. The van der Waals surface area contributed by atoms with Gasteiger partial charge in [-0.3, -0.25) is 14.7 Å². The van der Waals surface area contributed by atoms with Gasteiger partial charge in [0.25, 0.3) is 11.8 Å². The SMILES string of the molecule is CCC(CC)NC(=O)c1cnc(-c2cccc(-c3cc(C(=O)NC(CC)[C@H]4CC[C@@H](C)O4)[nH]n3)c2)o1. The minimum Gasteiger partial charge on any atom is -0.431 e. The zero-order valence-electron chi connectivity index (χ0n) is 21.3. The number of H-pyrrole nitrogens is 1. The van der Waals surface area contributed by atoms with Crippen LogP contribution in [0.3, 0.4) is 0 Å². The summed E-state index contributed by atoms with van der Waals surface area (Å²) < 4.78 is 11.7. The van der Waals surface area contributed by atoms with Crippen molar-refractivity contribution in [1.82, 2.24) is 25.8 Å². The van der Waals surface area contributed by atoms with Crippen LogP contribution in [0.4, 0.5) is 0 Å². The molecule has 2 aromatic heterocycles. The largest absolute Gasteiger partial charge is 0.431 e. The van der Waals surface area contributed by atoms with Gasteiger partial charge in [-0.15, -0.1) is 0 Å². The van der Waals surface area contributed by atoms with E-state index in [1.807, 2.05) is 45.0 Å².